The molecule has 1 heterocycles. The molecule has 1 saturated heterocycles. The van der Waals surface area contributed by atoms with Crippen molar-refractivity contribution in [3.63, 3.8) is 0 Å². The summed E-state index contributed by atoms with van der Waals surface area (Å²) in [5, 5.41) is 11.8. The van der Waals surface area contributed by atoms with Crippen molar-refractivity contribution in [2.24, 2.45) is 5.41 Å². The van der Waals surface area contributed by atoms with Crippen LogP contribution in [0.1, 0.15) is 42.6 Å². The molecule has 0 radical (unpaired) electrons. The van der Waals surface area contributed by atoms with Crippen LogP contribution in [-0.2, 0) is 14.8 Å². The Balaban J connectivity index is 2.05. The molecule has 0 bridgehead atoms. The van der Waals surface area contributed by atoms with Crippen molar-refractivity contribution < 1.29 is 23.1 Å². The van der Waals surface area contributed by atoms with Gasteiger partial charge in [-0.05, 0) is 57.4 Å². The van der Waals surface area contributed by atoms with E-state index >= 15 is 0 Å². The second-order valence-corrected chi connectivity index (χ2v) is 8.95. The molecule has 1 aliphatic rings. The number of carboxylic acid groups (broad SMARTS) is 1. The number of hydrogen-bond donors (Lipinski definition) is 2. The fourth-order valence-electron chi connectivity index (χ4n) is 2.68. The minimum Gasteiger partial charge on any atom is -0.481 e. The van der Waals surface area contributed by atoms with E-state index in [1.165, 1.54) is 4.31 Å². The van der Waals surface area contributed by atoms with E-state index in [-0.39, 0.29) is 18.2 Å². The molecule has 2 rings (SSSR count). The summed E-state index contributed by atoms with van der Waals surface area (Å²) >= 11 is 0. The molecule has 0 atom stereocenters. The second kappa shape index (κ2) is 7.03. The predicted octanol–water partition coefficient (Wildman–Crippen LogP) is 1.77. The van der Waals surface area contributed by atoms with Crippen LogP contribution < -0.4 is 9.62 Å². The number of nitrogens with zero attached hydrogens (tertiary/aromatic N) is 1. The van der Waals surface area contributed by atoms with E-state index in [0.717, 1.165) is 0 Å². The Labute approximate surface area is 148 Å². The summed E-state index contributed by atoms with van der Waals surface area (Å²) in [7, 11) is -3.25. The van der Waals surface area contributed by atoms with Gasteiger partial charge in [-0.1, -0.05) is 0 Å². The molecular weight excluding hydrogens is 344 g/mol. The number of nitrogens with one attached hydrogen (secondary N) is 1. The minimum absolute atomic E-state index is 0.146. The van der Waals surface area contributed by atoms with Gasteiger partial charge in [-0.25, -0.2) is 8.42 Å². The SMILES string of the molecule is Cc1cc(N2CCCS2(=O)=O)ccc1C(=O)NCCC(C)(C)C(=O)O. The van der Waals surface area contributed by atoms with Gasteiger partial charge in [-0.2, -0.15) is 0 Å². The monoisotopic (exact) mass is 368 g/mol. The summed E-state index contributed by atoms with van der Waals surface area (Å²) in [5.41, 5.74) is 0.790. The number of hydrogen-bond acceptors (Lipinski definition) is 4. The highest BCUT2D eigenvalue weighted by molar-refractivity contribution is 7.93. The van der Waals surface area contributed by atoms with Crippen molar-refractivity contribution in [3.8, 4) is 0 Å². The first-order valence-electron chi connectivity index (χ1n) is 8.17. The summed E-state index contributed by atoms with van der Waals surface area (Å²) in [6.07, 6.45) is 0.917. The topological polar surface area (TPSA) is 104 Å². The third-order valence-corrected chi connectivity index (χ3v) is 6.33. The van der Waals surface area contributed by atoms with Crippen molar-refractivity contribution in [1.29, 1.82) is 0 Å². The number of carbonyl (C=O) groups is 2. The second-order valence-electron chi connectivity index (χ2n) is 6.94. The quantitative estimate of drug-likeness (QED) is 0.796. The van der Waals surface area contributed by atoms with Gasteiger partial charge in [-0.3, -0.25) is 13.9 Å². The molecule has 1 aromatic rings. The summed E-state index contributed by atoms with van der Waals surface area (Å²) in [5.74, 6) is -1.06. The lowest BCUT2D eigenvalue weighted by Crippen LogP contribution is -2.32. The fraction of sp³-hybridized carbons (Fsp3) is 0.529. The Bertz CT molecular complexity index is 786. The summed E-state index contributed by atoms with van der Waals surface area (Å²) in [6.45, 7) is 5.68. The van der Waals surface area contributed by atoms with Crippen LogP contribution in [0.3, 0.4) is 0 Å². The predicted molar refractivity (Wildman–Crippen MR) is 95.3 cm³/mol. The number of aliphatic carboxylic acids is 1. The number of carbonyl (C=O) groups excluding carboxylic acids is 1. The molecular formula is C17H24N2O5S. The maximum absolute atomic E-state index is 12.3. The number of amides is 1. The fourth-order valence-corrected chi connectivity index (χ4v) is 4.23. The van der Waals surface area contributed by atoms with E-state index in [1.54, 1.807) is 39.0 Å². The van der Waals surface area contributed by atoms with Crippen LogP contribution in [0.25, 0.3) is 0 Å². The molecule has 7 nitrogen and oxygen atoms in total. The van der Waals surface area contributed by atoms with Gasteiger partial charge in [0.05, 0.1) is 16.9 Å². The Morgan fingerprint density at radius 1 is 1.32 bits per heavy atom. The van der Waals surface area contributed by atoms with Crippen molar-refractivity contribution in [2.75, 3.05) is 23.1 Å². The molecule has 1 fully saturated rings. The highest BCUT2D eigenvalue weighted by Crippen LogP contribution is 2.26. The lowest BCUT2D eigenvalue weighted by atomic mass is 9.89. The van der Waals surface area contributed by atoms with Crippen LogP contribution in [0.4, 0.5) is 5.69 Å². The van der Waals surface area contributed by atoms with E-state index in [4.69, 9.17) is 5.11 Å². The van der Waals surface area contributed by atoms with Crippen LogP contribution >= 0.6 is 0 Å². The van der Waals surface area contributed by atoms with Crippen molar-refractivity contribution in [1.82, 2.24) is 5.32 Å². The molecule has 2 N–H and O–H groups in total. The maximum atomic E-state index is 12.3. The molecule has 0 unspecified atom stereocenters. The van der Waals surface area contributed by atoms with E-state index in [1.807, 2.05) is 0 Å². The molecule has 138 valence electrons. The maximum Gasteiger partial charge on any atom is 0.309 e. The van der Waals surface area contributed by atoms with Gasteiger partial charge in [0.2, 0.25) is 10.0 Å². The molecule has 0 aliphatic carbocycles. The lowest BCUT2D eigenvalue weighted by molar-refractivity contribution is -0.147. The van der Waals surface area contributed by atoms with Crippen molar-refractivity contribution in [3.05, 3.63) is 29.3 Å². The van der Waals surface area contributed by atoms with Crippen molar-refractivity contribution >= 4 is 27.6 Å². The number of rotatable bonds is 6. The smallest absolute Gasteiger partial charge is 0.309 e. The first-order valence-corrected chi connectivity index (χ1v) is 9.78. The summed E-state index contributed by atoms with van der Waals surface area (Å²) < 4.78 is 25.3. The van der Waals surface area contributed by atoms with Crippen LogP contribution in [-0.4, -0.2) is 44.2 Å². The Hall–Kier alpha value is -2.09. The highest BCUT2D eigenvalue weighted by Gasteiger charge is 2.29. The van der Waals surface area contributed by atoms with E-state index < -0.39 is 21.4 Å². The normalized spacial score (nSPS) is 16.7. The molecule has 0 saturated carbocycles. The van der Waals surface area contributed by atoms with Gasteiger partial charge in [-0.15, -0.1) is 0 Å². The lowest BCUT2D eigenvalue weighted by Gasteiger charge is -2.20. The molecule has 0 aromatic heterocycles. The number of carboxylic acids is 1. The van der Waals surface area contributed by atoms with Gasteiger partial charge in [0.15, 0.2) is 0 Å². The molecule has 1 amide bonds. The average Bonchev–Trinajstić information content (AvgIpc) is 2.86. The van der Waals surface area contributed by atoms with Gasteiger partial charge in [0, 0.05) is 18.7 Å². The summed E-state index contributed by atoms with van der Waals surface area (Å²) in [4.78, 5) is 23.4. The minimum atomic E-state index is -3.25. The number of anilines is 1. The van der Waals surface area contributed by atoms with Crippen LogP contribution in [0, 0.1) is 12.3 Å². The third kappa shape index (κ3) is 4.31. The molecule has 1 aromatic carbocycles. The zero-order valence-corrected chi connectivity index (χ0v) is 15.5. The third-order valence-electron chi connectivity index (χ3n) is 4.46. The highest BCUT2D eigenvalue weighted by atomic mass is 32.2. The number of benzene rings is 1. The first kappa shape index (κ1) is 19.2. The van der Waals surface area contributed by atoms with Gasteiger partial charge in [0.25, 0.3) is 5.91 Å². The molecule has 1 aliphatic heterocycles. The van der Waals surface area contributed by atoms with Gasteiger partial charge >= 0.3 is 5.97 Å². The van der Waals surface area contributed by atoms with Crippen molar-refractivity contribution in [2.45, 2.75) is 33.6 Å². The Morgan fingerprint density at radius 2 is 2.00 bits per heavy atom. The molecule has 25 heavy (non-hydrogen) atoms. The zero-order valence-electron chi connectivity index (χ0n) is 14.7. The Kier molecular flexibility index (Phi) is 5.41. The van der Waals surface area contributed by atoms with E-state index in [9.17, 15) is 18.0 Å². The van der Waals surface area contributed by atoms with Crippen LogP contribution in [0.5, 0.6) is 0 Å². The van der Waals surface area contributed by atoms with Crippen LogP contribution in [0.15, 0.2) is 18.2 Å². The average molecular weight is 368 g/mol. The van der Waals surface area contributed by atoms with E-state index in [0.29, 0.717) is 36.2 Å². The van der Waals surface area contributed by atoms with Crippen LogP contribution in [0.2, 0.25) is 0 Å². The van der Waals surface area contributed by atoms with Gasteiger partial charge in [0.1, 0.15) is 0 Å². The Morgan fingerprint density at radius 3 is 2.52 bits per heavy atom. The standard InChI is InChI=1S/C17H24N2O5S/c1-12-11-13(19-9-4-10-25(19,23)24)5-6-14(12)15(20)18-8-7-17(2,3)16(21)22/h5-6,11H,4,7-10H2,1-3H3,(H,18,20)(H,21,22). The van der Waals surface area contributed by atoms with Gasteiger partial charge < -0.3 is 10.4 Å². The molecule has 0 spiro atoms. The number of aryl methyl sites for hydroxylation is 1. The zero-order chi connectivity index (χ0) is 18.8. The number of sulfonamides is 1. The first-order chi connectivity index (χ1) is 11.5. The molecule has 8 heteroatoms. The van der Waals surface area contributed by atoms with E-state index in [2.05, 4.69) is 5.32 Å². The summed E-state index contributed by atoms with van der Waals surface area (Å²) in [6, 6.07) is 4.93. The largest absolute Gasteiger partial charge is 0.481 e.